The van der Waals surface area contributed by atoms with Gasteiger partial charge in [0.25, 0.3) is 0 Å². The molecule has 84 valence electrons. The second kappa shape index (κ2) is 4.55. The zero-order valence-electron chi connectivity index (χ0n) is 10.4. The van der Waals surface area contributed by atoms with Crippen LogP contribution in [0.25, 0.3) is 0 Å². The Bertz CT molecular complexity index is 272. The number of allylic oxidation sites excluding steroid dienone is 4. The Labute approximate surface area is 94.5 Å². The molecule has 0 nitrogen and oxygen atoms in total. The molecule has 0 aromatic rings. The lowest BCUT2D eigenvalue weighted by molar-refractivity contribution is 0.529. The summed E-state index contributed by atoms with van der Waals surface area (Å²) in [6.45, 7) is 6.98. The molecule has 0 saturated heterocycles. The van der Waals surface area contributed by atoms with E-state index in [4.69, 9.17) is 0 Å². The summed E-state index contributed by atoms with van der Waals surface area (Å²) in [7, 11) is 0. The van der Waals surface area contributed by atoms with Gasteiger partial charge in [0.2, 0.25) is 0 Å². The minimum absolute atomic E-state index is 0.790. The first-order valence-corrected chi connectivity index (χ1v) is 6.57. The highest BCUT2D eigenvalue weighted by Crippen LogP contribution is 2.44. The quantitative estimate of drug-likeness (QED) is 0.588. The predicted octanol–water partition coefficient (Wildman–Crippen LogP) is 4.58. The Kier molecular flexibility index (Phi) is 3.33. The van der Waals surface area contributed by atoms with Gasteiger partial charge in [-0.25, -0.2) is 0 Å². The summed E-state index contributed by atoms with van der Waals surface area (Å²) in [5.74, 6) is 3.43. The van der Waals surface area contributed by atoms with Crippen LogP contribution in [0.15, 0.2) is 23.8 Å². The summed E-state index contributed by atoms with van der Waals surface area (Å²) in [5, 5.41) is 0. The molecule has 2 aliphatic rings. The average Bonchev–Trinajstić information content (AvgIpc) is 2.79. The standard InChI is InChI=1S/C15H24/c1-4-5-11(2)12(3)8-15-10-13-6-7-14(15)9-13/h6-8,11,13-15H,4-5,9-10H2,1-3H3. The van der Waals surface area contributed by atoms with Gasteiger partial charge in [-0.1, -0.05) is 44.1 Å². The lowest BCUT2D eigenvalue weighted by atomic mass is 9.88. The maximum absolute atomic E-state index is 2.58. The number of hydrogen-bond donors (Lipinski definition) is 0. The van der Waals surface area contributed by atoms with Gasteiger partial charge in [-0.15, -0.1) is 0 Å². The molecule has 2 bridgehead atoms. The van der Waals surface area contributed by atoms with Crippen LogP contribution in [0, 0.1) is 23.7 Å². The van der Waals surface area contributed by atoms with E-state index in [2.05, 4.69) is 39.0 Å². The van der Waals surface area contributed by atoms with Gasteiger partial charge in [0.05, 0.1) is 0 Å². The van der Waals surface area contributed by atoms with Crippen molar-refractivity contribution < 1.29 is 0 Å². The van der Waals surface area contributed by atoms with Crippen molar-refractivity contribution in [3.63, 3.8) is 0 Å². The molecule has 2 rings (SSSR count). The SMILES string of the molecule is CCCC(C)C(C)=CC1CC2C=CC1C2. The zero-order valence-corrected chi connectivity index (χ0v) is 10.4. The summed E-state index contributed by atoms with van der Waals surface area (Å²) in [6.07, 6.45) is 13.0. The Morgan fingerprint density at radius 2 is 2.20 bits per heavy atom. The maximum atomic E-state index is 2.58. The van der Waals surface area contributed by atoms with Gasteiger partial charge in [-0.05, 0) is 49.9 Å². The van der Waals surface area contributed by atoms with Crippen molar-refractivity contribution in [2.24, 2.45) is 23.7 Å². The second-order valence-electron chi connectivity index (χ2n) is 5.54. The van der Waals surface area contributed by atoms with Crippen molar-refractivity contribution in [2.75, 3.05) is 0 Å². The van der Waals surface area contributed by atoms with E-state index < -0.39 is 0 Å². The third-order valence-electron chi connectivity index (χ3n) is 4.31. The Morgan fingerprint density at radius 3 is 2.73 bits per heavy atom. The first-order chi connectivity index (χ1) is 7.20. The summed E-state index contributed by atoms with van der Waals surface area (Å²) in [5.41, 5.74) is 1.63. The number of hydrogen-bond acceptors (Lipinski definition) is 0. The Morgan fingerprint density at radius 1 is 1.40 bits per heavy atom. The van der Waals surface area contributed by atoms with Crippen LogP contribution in [0.5, 0.6) is 0 Å². The van der Waals surface area contributed by atoms with Crippen LogP contribution in [0.2, 0.25) is 0 Å². The molecule has 0 aromatic carbocycles. The summed E-state index contributed by atoms with van der Waals surface area (Å²) in [4.78, 5) is 0. The van der Waals surface area contributed by atoms with E-state index in [0.29, 0.717) is 0 Å². The van der Waals surface area contributed by atoms with Crippen LogP contribution < -0.4 is 0 Å². The second-order valence-corrected chi connectivity index (χ2v) is 5.54. The molecule has 4 atom stereocenters. The molecule has 0 heteroatoms. The van der Waals surface area contributed by atoms with E-state index in [1.54, 1.807) is 5.57 Å². The van der Waals surface area contributed by atoms with Crippen LogP contribution in [0.4, 0.5) is 0 Å². The smallest absolute Gasteiger partial charge is 0.0162 e. The molecule has 0 aliphatic heterocycles. The maximum Gasteiger partial charge on any atom is -0.0162 e. The molecule has 0 heterocycles. The van der Waals surface area contributed by atoms with E-state index in [0.717, 1.165) is 23.7 Å². The molecular weight excluding hydrogens is 180 g/mol. The summed E-state index contributed by atoms with van der Waals surface area (Å²) >= 11 is 0. The summed E-state index contributed by atoms with van der Waals surface area (Å²) < 4.78 is 0. The van der Waals surface area contributed by atoms with E-state index >= 15 is 0 Å². The van der Waals surface area contributed by atoms with E-state index in [9.17, 15) is 0 Å². The zero-order chi connectivity index (χ0) is 10.8. The van der Waals surface area contributed by atoms with Crippen molar-refractivity contribution in [3.8, 4) is 0 Å². The van der Waals surface area contributed by atoms with Gasteiger partial charge < -0.3 is 0 Å². The molecule has 0 aromatic heterocycles. The first kappa shape index (κ1) is 11.0. The average molecular weight is 204 g/mol. The molecule has 2 aliphatic carbocycles. The van der Waals surface area contributed by atoms with Crippen molar-refractivity contribution in [3.05, 3.63) is 23.8 Å². The van der Waals surface area contributed by atoms with Gasteiger partial charge in [0.1, 0.15) is 0 Å². The third-order valence-corrected chi connectivity index (χ3v) is 4.31. The molecule has 15 heavy (non-hydrogen) atoms. The highest BCUT2D eigenvalue weighted by atomic mass is 14.4. The fraction of sp³-hybridized carbons (Fsp3) is 0.733. The van der Waals surface area contributed by atoms with E-state index in [1.165, 1.54) is 25.7 Å². The summed E-state index contributed by atoms with van der Waals surface area (Å²) in [6, 6.07) is 0. The van der Waals surface area contributed by atoms with Crippen molar-refractivity contribution in [1.29, 1.82) is 0 Å². The number of fused-ring (bicyclic) bond motifs is 2. The van der Waals surface area contributed by atoms with Crippen LogP contribution in [0.3, 0.4) is 0 Å². The molecule has 0 spiro atoms. The van der Waals surface area contributed by atoms with Gasteiger partial charge in [-0.2, -0.15) is 0 Å². The number of rotatable bonds is 4. The highest BCUT2D eigenvalue weighted by Gasteiger charge is 2.34. The molecular formula is C15H24. The first-order valence-electron chi connectivity index (χ1n) is 6.57. The molecule has 1 saturated carbocycles. The topological polar surface area (TPSA) is 0 Å². The van der Waals surface area contributed by atoms with Crippen LogP contribution in [0.1, 0.15) is 46.5 Å². The van der Waals surface area contributed by atoms with Gasteiger partial charge in [0, 0.05) is 0 Å². The predicted molar refractivity (Wildman–Crippen MR) is 66.7 cm³/mol. The molecule has 4 unspecified atom stereocenters. The normalized spacial score (nSPS) is 36.2. The molecule has 0 amide bonds. The molecule has 1 fully saturated rings. The van der Waals surface area contributed by atoms with Crippen LogP contribution >= 0.6 is 0 Å². The van der Waals surface area contributed by atoms with Crippen LogP contribution in [-0.4, -0.2) is 0 Å². The Hall–Kier alpha value is -0.520. The molecule has 0 radical (unpaired) electrons. The van der Waals surface area contributed by atoms with Gasteiger partial charge >= 0.3 is 0 Å². The minimum atomic E-state index is 0.790. The third kappa shape index (κ3) is 2.35. The minimum Gasteiger partial charge on any atom is -0.0851 e. The van der Waals surface area contributed by atoms with Crippen molar-refractivity contribution in [2.45, 2.75) is 46.5 Å². The van der Waals surface area contributed by atoms with Gasteiger partial charge in [-0.3, -0.25) is 0 Å². The Balaban J connectivity index is 1.95. The fourth-order valence-electron chi connectivity index (χ4n) is 3.18. The molecule has 0 N–H and O–H groups in total. The van der Waals surface area contributed by atoms with E-state index in [1.807, 2.05) is 0 Å². The van der Waals surface area contributed by atoms with Gasteiger partial charge in [0.15, 0.2) is 0 Å². The van der Waals surface area contributed by atoms with Crippen molar-refractivity contribution >= 4 is 0 Å². The fourth-order valence-corrected chi connectivity index (χ4v) is 3.18. The monoisotopic (exact) mass is 204 g/mol. The lowest BCUT2D eigenvalue weighted by Crippen LogP contribution is -2.06. The van der Waals surface area contributed by atoms with Crippen LogP contribution in [-0.2, 0) is 0 Å². The highest BCUT2D eigenvalue weighted by molar-refractivity contribution is 5.17. The lowest BCUT2D eigenvalue weighted by Gasteiger charge is -2.18. The largest absolute Gasteiger partial charge is 0.0851 e. The van der Waals surface area contributed by atoms with Crippen molar-refractivity contribution in [1.82, 2.24) is 0 Å². The van der Waals surface area contributed by atoms with E-state index in [-0.39, 0.29) is 0 Å².